The number of nitrogen functional groups attached to an aromatic ring is 2. The van der Waals surface area contributed by atoms with Crippen molar-refractivity contribution in [3.8, 4) is 17.6 Å². The van der Waals surface area contributed by atoms with Gasteiger partial charge in [-0.2, -0.15) is 10.4 Å². The number of nitriles is 1. The molecule has 1 saturated heterocycles. The van der Waals surface area contributed by atoms with Gasteiger partial charge in [-0.15, -0.1) is 11.3 Å². The molecule has 0 bridgehead atoms. The Labute approximate surface area is 283 Å². The van der Waals surface area contributed by atoms with Gasteiger partial charge in [0, 0.05) is 35.3 Å². The van der Waals surface area contributed by atoms with Gasteiger partial charge in [-0.3, -0.25) is 0 Å². The second kappa shape index (κ2) is 11.6. The molecule has 4 atom stereocenters. The summed E-state index contributed by atoms with van der Waals surface area (Å²) in [4.78, 5) is 20.5. The second-order valence-corrected chi connectivity index (χ2v) is 14.9. The molecule has 1 fully saturated rings. The average molecular weight is 664 g/mol. The number of likely N-dealkylation sites (N-methyl/N-ethyl adjacent to an activating group) is 1. The molecule has 0 aromatic carbocycles. The van der Waals surface area contributed by atoms with E-state index in [-0.39, 0.29) is 12.1 Å². The minimum atomic E-state index is -0.426. The minimum Gasteiger partial charge on any atom is -0.389 e. The number of nitrogens with two attached hydrogens (primary N) is 2. The summed E-state index contributed by atoms with van der Waals surface area (Å²) in [5, 5.41) is 21.3. The van der Waals surface area contributed by atoms with E-state index in [1.165, 1.54) is 11.3 Å². The van der Waals surface area contributed by atoms with Gasteiger partial charge in [0.1, 0.15) is 22.7 Å². The topological polar surface area (TPSA) is 165 Å². The summed E-state index contributed by atoms with van der Waals surface area (Å²) in [6.45, 7) is 5.40. The van der Waals surface area contributed by atoms with Crippen LogP contribution in [0.2, 0.25) is 0 Å². The van der Waals surface area contributed by atoms with Crippen LogP contribution in [-0.4, -0.2) is 61.5 Å². The number of nitrogens with zero attached hydrogens (tertiary/aromatic N) is 9. The maximum atomic E-state index is 10.2. The summed E-state index contributed by atoms with van der Waals surface area (Å²) in [7, 11) is 4.21. The molecule has 248 valence electrons. The van der Waals surface area contributed by atoms with Gasteiger partial charge in [-0.05, 0) is 90.4 Å². The maximum Gasteiger partial charge on any atom is 0.186 e. The van der Waals surface area contributed by atoms with Gasteiger partial charge in [0.25, 0.3) is 0 Å². The van der Waals surface area contributed by atoms with Crippen molar-refractivity contribution in [3.05, 3.63) is 57.4 Å². The monoisotopic (exact) mass is 663 g/mol. The standard InChI is InChI=1S/C35H41N11OS/c1-19(21-10-7-15-39-30(21)37)45(4)33-24-18-40-46(20(2)25-11-8-16-44(25)3)34(24)42-32(41-33)28-22-9-5-13-35(29(22)47-43-28)14-6-12-26-27(35)23(17-36)31(38)48-26/h7,10,15,18-20,25H,5-6,8-9,11-14,16,38H2,1-4H3,(H2,37,39)/t19-,20+,25+,35+/m1/s1. The van der Waals surface area contributed by atoms with Gasteiger partial charge in [-0.25, -0.2) is 19.6 Å². The first-order valence-electron chi connectivity index (χ1n) is 16.9. The van der Waals surface area contributed by atoms with E-state index in [9.17, 15) is 5.26 Å². The second-order valence-electron chi connectivity index (χ2n) is 13.8. The molecule has 0 amide bonds. The molecule has 0 radical (unpaired) electrons. The average Bonchev–Trinajstić information content (AvgIpc) is 3.89. The number of aromatic nitrogens is 6. The van der Waals surface area contributed by atoms with Crippen molar-refractivity contribution in [1.29, 1.82) is 5.26 Å². The van der Waals surface area contributed by atoms with E-state index in [1.807, 2.05) is 25.4 Å². The van der Waals surface area contributed by atoms with Crippen molar-refractivity contribution in [3.63, 3.8) is 0 Å². The van der Waals surface area contributed by atoms with E-state index >= 15 is 0 Å². The molecular formula is C35H41N11OS. The molecule has 1 aliphatic heterocycles. The van der Waals surface area contributed by atoms with Crippen LogP contribution in [0.5, 0.6) is 0 Å². The number of likely N-dealkylation sites (tertiary alicyclic amines) is 1. The van der Waals surface area contributed by atoms with Crippen LogP contribution >= 0.6 is 11.3 Å². The van der Waals surface area contributed by atoms with Gasteiger partial charge < -0.3 is 25.8 Å². The Morgan fingerprint density at radius 3 is 2.73 bits per heavy atom. The molecule has 3 aliphatic rings. The van der Waals surface area contributed by atoms with E-state index in [0.717, 1.165) is 90.8 Å². The Bertz CT molecular complexity index is 2070. The molecule has 2 aliphatic carbocycles. The third-order valence-corrected chi connectivity index (χ3v) is 12.3. The first-order valence-corrected chi connectivity index (χ1v) is 17.7. The highest BCUT2D eigenvalue weighted by Crippen LogP contribution is 2.55. The number of hydrogen-bond donors (Lipinski definition) is 2. The molecule has 0 unspecified atom stereocenters. The zero-order chi connectivity index (χ0) is 33.3. The van der Waals surface area contributed by atoms with Crippen LogP contribution in [0, 0.1) is 11.3 Å². The number of pyridine rings is 1. The Hall–Kier alpha value is -4.54. The molecule has 0 saturated carbocycles. The zero-order valence-corrected chi connectivity index (χ0v) is 28.7. The maximum absolute atomic E-state index is 10.2. The van der Waals surface area contributed by atoms with Crippen LogP contribution in [0.3, 0.4) is 0 Å². The third kappa shape index (κ3) is 4.53. The van der Waals surface area contributed by atoms with Crippen LogP contribution in [0.1, 0.15) is 97.3 Å². The highest BCUT2D eigenvalue weighted by molar-refractivity contribution is 7.16. The Kier molecular flexibility index (Phi) is 7.41. The fraction of sp³-hybridized carbons (Fsp3) is 0.486. The molecule has 5 aromatic rings. The molecule has 5 aromatic heterocycles. The molecule has 12 nitrogen and oxygen atoms in total. The smallest absolute Gasteiger partial charge is 0.186 e. The largest absolute Gasteiger partial charge is 0.389 e. The van der Waals surface area contributed by atoms with Gasteiger partial charge in [0.05, 0.1) is 34.6 Å². The van der Waals surface area contributed by atoms with E-state index in [0.29, 0.717) is 33.9 Å². The molecule has 13 heteroatoms. The van der Waals surface area contributed by atoms with E-state index in [1.54, 1.807) is 17.5 Å². The van der Waals surface area contributed by atoms with Gasteiger partial charge >= 0.3 is 0 Å². The van der Waals surface area contributed by atoms with Gasteiger partial charge in [0.15, 0.2) is 22.9 Å². The lowest BCUT2D eigenvalue weighted by Crippen LogP contribution is -2.35. The van der Waals surface area contributed by atoms with Crippen molar-refractivity contribution < 1.29 is 4.52 Å². The fourth-order valence-electron chi connectivity index (χ4n) is 8.68. The lowest BCUT2D eigenvalue weighted by atomic mass is 9.63. The normalized spacial score (nSPS) is 22.0. The van der Waals surface area contributed by atoms with E-state index < -0.39 is 5.41 Å². The lowest BCUT2D eigenvalue weighted by molar-refractivity contribution is 0.232. The van der Waals surface area contributed by atoms with Crippen LogP contribution in [0.4, 0.5) is 16.6 Å². The van der Waals surface area contributed by atoms with Crippen molar-refractivity contribution in [1.82, 2.24) is 34.8 Å². The summed E-state index contributed by atoms with van der Waals surface area (Å²) < 4.78 is 8.41. The highest BCUT2D eigenvalue weighted by atomic mass is 32.1. The number of rotatable bonds is 6. The molecule has 6 heterocycles. The van der Waals surface area contributed by atoms with E-state index in [4.69, 9.17) is 36.2 Å². The number of hydrogen-bond acceptors (Lipinski definition) is 12. The Balaban J connectivity index is 1.30. The molecule has 4 N–H and O–H groups in total. The fourth-order valence-corrected chi connectivity index (χ4v) is 9.85. The Morgan fingerprint density at radius 2 is 1.98 bits per heavy atom. The van der Waals surface area contributed by atoms with E-state index in [2.05, 4.69) is 46.4 Å². The number of thiophene rings is 1. The van der Waals surface area contributed by atoms with Crippen molar-refractivity contribution in [2.45, 2.75) is 88.8 Å². The number of aryl methyl sites for hydroxylation is 1. The summed E-state index contributed by atoms with van der Waals surface area (Å²) in [5.41, 5.74) is 17.3. The van der Waals surface area contributed by atoms with Crippen molar-refractivity contribution in [2.24, 2.45) is 0 Å². The Morgan fingerprint density at radius 1 is 1.17 bits per heavy atom. The SMILES string of the molecule is C[C@H](c1cccnc1N)N(C)c1nc(-c2noc3c2CCC[C@@]32CCCc3sc(N)c(C#N)c32)nc2c1cnn2[C@@H](C)[C@@H]1CCCN1C. The van der Waals surface area contributed by atoms with Crippen LogP contribution in [-0.2, 0) is 18.3 Å². The summed E-state index contributed by atoms with van der Waals surface area (Å²) in [6.07, 6.45) is 11.3. The molecule has 1 spiro atoms. The first-order chi connectivity index (χ1) is 23.2. The van der Waals surface area contributed by atoms with Crippen molar-refractivity contribution >= 4 is 39.0 Å². The predicted octanol–water partition coefficient (Wildman–Crippen LogP) is 5.79. The lowest BCUT2D eigenvalue weighted by Gasteiger charge is -2.39. The zero-order valence-electron chi connectivity index (χ0n) is 27.9. The van der Waals surface area contributed by atoms with Crippen LogP contribution in [0.15, 0.2) is 29.0 Å². The summed E-state index contributed by atoms with van der Waals surface area (Å²) >= 11 is 1.55. The van der Waals surface area contributed by atoms with Crippen LogP contribution in [0.25, 0.3) is 22.6 Å². The highest BCUT2D eigenvalue weighted by Gasteiger charge is 2.49. The predicted molar refractivity (Wildman–Crippen MR) is 187 cm³/mol. The molecular weight excluding hydrogens is 623 g/mol. The quantitative estimate of drug-likeness (QED) is 0.226. The number of fused-ring (bicyclic) bond motifs is 5. The first kappa shape index (κ1) is 30.8. The summed E-state index contributed by atoms with van der Waals surface area (Å²) in [6, 6.07) is 6.66. The van der Waals surface area contributed by atoms with Gasteiger partial charge in [-0.1, -0.05) is 11.2 Å². The molecule has 48 heavy (non-hydrogen) atoms. The minimum absolute atomic E-state index is 0.103. The van der Waals surface area contributed by atoms with Crippen LogP contribution < -0.4 is 16.4 Å². The summed E-state index contributed by atoms with van der Waals surface area (Å²) in [5.74, 6) is 2.57. The molecule has 8 rings (SSSR count). The third-order valence-electron chi connectivity index (χ3n) is 11.3. The number of anilines is 3. The van der Waals surface area contributed by atoms with Gasteiger partial charge in [0.2, 0.25) is 0 Å². The van der Waals surface area contributed by atoms with Crippen molar-refractivity contribution in [2.75, 3.05) is 37.0 Å².